The van der Waals surface area contributed by atoms with Crippen LogP contribution in [0, 0.1) is 4.77 Å². The van der Waals surface area contributed by atoms with Crippen molar-refractivity contribution in [3.8, 4) is 0 Å². The van der Waals surface area contributed by atoms with Crippen molar-refractivity contribution in [1.29, 1.82) is 0 Å². The number of Topliss-reactive ketones (excluding diaryl/α,β-unsaturated/α-hetero) is 1. The van der Waals surface area contributed by atoms with Gasteiger partial charge in [0.05, 0.1) is 30.7 Å². The summed E-state index contributed by atoms with van der Waals surface area (Å²) in [5.74, 6) is 0.0820. The summed E-state index contributed by atoms with van der Waals surface area (Å²) in [4.78, 5) is 31.2. The predicted molar refractivity (Wildman–Crippen MR) is 129 cm³/mol. The van der Waals surface area contributed by atoms with Crippen molar-refractivity contribution in [1.82, 2.24) is 14.5 Å². The maximum absolute atomic E-state index is 13.0. The molecule has 4 rings (SSSR count). The van der Waals surface area contributed by atoms with E-state index in [0.29, 0.717) is 39.2 Å². The molecule has 3 aromatic rings. The minimum absolute atomic E-state index is 0.0820. The fourth-order valence-electron chi connectivity index (χ4n) is 3.93. The molecule has 32 heavy (non-hydrogen) atoms. The molecule has 0 spiro atoms. The molecular formula is C24H26ClN3O3S. The Kier molecular flexibility index (Phi) is 7.52. The van der Waals surface area contributed by atoms with Crippen LogP contribution in [0.3, 0.4) is 0 Å². The standard InChI is InChI=1S/C24H26ClN3O3S/c25-19-7-4-17(5-8-19)16-28-23(30)20-9-6-18(15-21(20)26-24(28)32)22(29)3-1-2-10-27-11-13-31-14-12-27/h4-9,15H,1-3,10-14,16H2,(H,26,32). The van der Waals surface area contributed by atoms with Crippen LogP contribution in [0.4, 0.5) is 0 Å². The van der Waals surface area contributed by atoms with E-state index in [-0.39, 0.29) is 11.3 Å². The molecule has 1 aliphatic heterocycles. The van der Waals surface area contributed by atoms with Crippen LogP contribution < -0.4 is 5.56 Å². The molecule has 0 unspecified atom stereocenters. The molecule has 0 bridgehead atoms. The number of benzene rings is 2. The van der Waals surface area contributed by atoms with Gasteiger partial charge in [-0.15, -0.1) is 0 Å². The van der Waals surface area contributed by atoms with Crippen molar-refractivity contribution in [3.05, 3.63) is 73.7 Å². The molecule has 1 saturated heterocycles. The van der Waals surface area contributed by atoms with Crippen LogP contribution in [-0.2, 0) is 11.3 Å². The fraction of sp³-hybridized carbons (Fsp3) is 0.375. The highest BCUT2D eigenvalue weighted by molar-refractivity contribution is 7.71. The van der Waals surface area contributed by atoms with Crippen LogP contribution in [-0.4, -0.2) is 53.1 Å². The minimum atomic E-state index is -0.178. The SMILES string of the molecule is O=C(CCCCN1CCOCC1)c1ccc2c(=O)n(Cc3ccc(Cl)cc3)c(=S)[nH]c2c1. The minimum Gasteiger partial charge on any atom is -0.379 e. The number of fused-ring (bicyclic) bond motifs is 1. The topological polar surface area (TPSA) is 67.3 Å². The molecule has 6 nitrogen and oxygen atoms in total. The van der Waals surface area contributed by atoms with Crippen LogP contribution in [0.2, 0.25) is 5.02 Å². The number of hydrogen-bond acceptors (Lipinski definition) is 5. The molecule has 0 atom stereocenters. The van der Waals surface area contributed by atoms with Gasteiger partial charge in [-0.2, -0.15) is 0 Å². The van der Waals surface area contributed by atoms with Gasteiger partial charge in [-0.3, -0.25) is 19.1 Å². The van der Waals surface area contributed by atoms with E-state index < -0.39 is 0 Å². The van der Waals surface area contributed by atoms with Gasteiger partial charge in [0.2, 0.25) is 0 Å². The maximum atomic E-state index is 13.0. The number of unbranched alkanes of at least 4 members (excludes halogenated alkanes) is 1. The molecule has 1 N–H and O–H groups in total. The van der Waals surface area contributed by atoms with E-state index in [1.807, 2.05) is 12.1 Å². The van der Waals surface area contributed by atoms with Gasteiger partial charge in [0.25, 0.3) is 5.56 Å². The number of nitrogens with one attached hydrogen (secondary N) is 1. The zero-order valence-corrected chi connectivity index (χ0v) is 19.4. The zero-order chi connectivity index (χ0) is 22.5. The summed E-state index contributed by atoms with van der Waals surface area (Å²) in [6, 6.07) is 12.5. The summed E-state index contributed by atoms with van der Waals surface area (Å²) in [5, 5.41) is 1.15. The van der Waals surface area contributed by atoms with Crippen molar-refractivity contribution in [3.63, 3.8) is 0 Å². The van der Waals surface area contributed by atoms with E-state index >= 15 is 0 Å². The second kappa shape index (κ2) is 10.5. The Labute approximate surface area is 196 Å². The average molecular weight is 472 g/mol. The van der Waals surface area contributed by atoms with E-state index in [4.69, 9.17) is 28.6 Å². The lowest BCUT2D eigenvalue weighted by Crippen LogP contribution is -2.36. The number of hydrogen-bond donors (Lipinski definition) is 1. The van der Waals surface area contributed by atoms with Gasteiger partial charge in [0.1, 0.15) is 0 Å². The Hall–Kier alpha value is -2.32. The number of ketones is 1. The summed E-state index contributed by atoms with van der Waals surface area (Å²) in [5.41, 5.74) is 1.94. The molecule has 2 heterocycles. The summed E-state index contributed by atoms with van der Waals surface area (Å²) in [6.45, 7) is 4.86. The van der Waals surface area contributed by atoms with Gasteiger partial charge in [-0.25, -0.2) is 0 Å². The second-order valence-corrected chi connectivity index (χ2v) is 8.87. The monoisotopic (exact) mass is 471 g/mol. The first kappa shape index (κ1) is 22.9. The first-order valence-corrected chi connectivity index (χ1v) is 11.6. The molecule has 2 aromatic carbocycles. The van der Waals surface area contributed by atoms with Crippen LogP contribution >= 0.6 is 23.8 Å². The Morgan fingerprint density at radius 1 is 1.09 bits per heavy atom. The molecule has 0 radical (unpaired) electrons. The van der Waals surface area contributed by atoms with Crippen molar-refractivity contribution >= 4 is 40.5 Å². The number of nitrogens with zero attached hydrogens (tertiary/aromatic N) is 2. The third kappa shape index (κ3) is 5.53. The molecule has 0 aliphatic carbocycles. The maximum Gasteiger partial charge on any atom is 0.262 e. The third-order valence-electron chi connectivity index (χ3n) is 5.79. The lowest BCUT2D eigenvalue weighted by Gasteiger charge is -2.26. The highest BCUT2D eigenvalue weighted by Crippen LogP contribution is 2.15. The Morgan fingerprint density at radius 2 is 1.84 bits per heavy atom. The number of ether oxygens (including phenoxy) is 1. The summed E-state index contributed by atoms with van der Waals surface area (Å²) < 4.78 is 7.21. The number of H-pyrrole nitrogens is 1. The first-order chi connectivity index (χ1) is 15.5. The Morgan fingerprint density at radius 3 is 2.59 bits per heavy atom. The number of carbonyl (C=O) groups is 1. The van der Waals surface area contributed by atoms with Gasteiger partial charge < -0.3 is 9.72 Å². The molecule has 1 aromatic heterocycles. The molecule has 168 valence electrons. The van der Waals surface area contributed by atoms with Crippen LogP contribution in [0.1, 0.15) is 35.2 Å². The first-order valence-electron chi connectivity index (χ1n) is 10.9. The highest BCUT2D eigenvalue weighted by atomic mass is 35.5. The van der Waals surface area contributed by atoms with Gasteiger partial charge in [0, 0.05) is 30.1 Å². The largest absolute Gasteiger partial charge is 0.379 e. The van der Waals surface area contributed by atoms with Gasteiger partial charge in [-0.1, -0.05) is 29.8 Å². The molecular weight excluding hydrogens is 446 g/mol. The average Bonchev–Trinajstić information content (AvgIpc) is 2.81. The smallest absolute Gasteiger partial charge is 0.262 e. The van der Waals surface area contributed by atoms with E-state index in [1.165, 1.54) is 4.57 Å². The lowest BCUT2D eigenvalue weighted by atomic mass is 10.0. The van der Waals surface area contributed by atoms with Crippen LogP contribution in [0.15, 0.2) is 47.3 Å². The van der Waals surface area contributed by atoms with Crippen molar-refractivity contribution in [2.75, 3.05) is 32.8 Å². The number of halogens is 1. The highest BCUT2D eigenvalue weighted by Gasteiger charge is 2.13. The van der Waals surface area contributed by atoms with Crippen LogP contribution in [0.25, 0.3) is 10.9 Å². The predicted octanol–water partition coefficient (Wildman–Crippen LogP) is 4.45. The van der Waals surface area contributed by atoms with Gasteiger partial charge >= 0.3 is 0 Å². The van der Waals surface area contributed by atoms with E-state index in [0.717, 1.165) is 51.3 Å². The van der Waals surface area contributed by atoms with Crippen molar-refractivity contribution in [2.24, 2.45) is 0 Å². The van der Waals surface area contributed by atoms with Crippen LogP contribution in [0.5, 0.6) is 0 Å². The fourth-order valence-corrected chi connectivity index (χ4v) is 4.32. The summed E-state index contributed by atoms with van der Waals surface area (Å²) in [7, 11) is 0. The van der Waals surface area contributed by atoms with Crippen molar-refractivity contribution in [2.45, 2.75) is 25.8 Å². The molecule has 1 fully saturated rings. The summed E-state index contributed by atoms with van der Waals surface area (Å²) >= 11 is 11.4. The normalized spacial score (nSPS) is 14.7. The molecule has 0 amide bonds. The molecule has 8 heteroatoms. The molecule has 0 saturated carbocycles. The third-order valence-corrected chi connectivity index (χ3v) is 6.36. The van der Waals surface area contributed by atoms with E-state index in [1.54, 1.807) is 30.3 Å². The summed E-state index contributed by atoms with van der Waals surface area (Å²) in [6.07, 6.45) is 2.31. The number of aromatic nitrogens is 2. The number of rotatable bonds is 8. The van der Waals surface area contributed by atoms with Gasteiger partial charge in [-0.05, 0) is 61.4 Å². The number of aromatic amines is 1. The van der Waals surface area contributed by atoms with E-state index in [9.17, 15) is 9.59 Å². The van der Waals surface area contributed by atoms with E-state index in [2.05, 4.69) is 9.88 Å². The second-order valence-electron chi connectivity index (χ2n) is 8.04. The Bertz CT molecular complexity index is 1210. The molecule has 1 aliphatic rings. The lowest BCUT2D eigenvalue weighted by molar-refractivity contribution is 0.0371. The number of carbonyl (C=O) groups excluding carboxylic acids is 1. The Balaban J connectivity index is 1.44. The quantitative estimate of drug-likeness (QED) is 0.299. The zero-order valence-electron chi connectivity index (χ0n) is 17.8. The van der Waals surface area contributed by atoms with Gasteiger partial charge in [0.15, 0.2) is 10.6 Å². The van der Waals surface area contributed by atoms with Crippen molar-refractivity contribution < 1.29 is 9.53 Å². The number of morpholine rings is 1.